The van der Waals surface area contributed by atoms with Crippen LogP contribution in [0.3, 0.4) is 0 Å². The van der Waals surface area contributed by atoms with Gasteiger partial charge >= 0.3 is 24.3 Å². The molecule has 0 aromatic heterocycles. The van der Waals surface area contributed by atoms with E-state index in [-0.39, 0.29) is 53.1 Å². The SMILES string of the molecule is O=C(O[C@H](C(=O)N1CCCC1)[C@H](OC(=O)C(Oc1cccc(C(F)(F)F)c1)c1ccc(Cl)cc1)C(=O)N1CCCC1)C(COc1cccc(C(F)(F)F)c1)c1ccc(Cl)cc1. The summed E-state index contributed by atoms with van der Waals surface area (Å²) in [5.41, 5.74) is -1.82. The van der Waals surface area contributed by atoms with Crippen molar-refractivity contribution in [2.24, 2.45) is 0 Å². The molecular formula is C43H38Cl2F6N2O8. The van der Waals surface area contributed by atoms with Crippen LogP contribution in [0.1, 0.15) is 60.0 Å². The van der Waals surface area contributed by atoms with Gasteiger partial charge in [0.2, 0.25) is 18.3 Å². The summed E-state index contributed by atoms with van der Waals surface area (Å²) in [6, 6.07) is 18.9. The first-order chi connectivity index (χ1) is 29.0. The molecule has 2 unspecified atom stereocenters. The molecule has 2 heterocycles. The Labute approximate surface area is 356 Å². The lowest BCUT2D eigenvalue weighted by molar-refractivity contribution is -0.186. The van der Waals surface area contributed by atoms with Crippen LogP contribution < -0.4 is 9.47 Å². The van der Waals surface area contributed by atoms with Gasteiger partial charge in [-0.1, -0.05) is 59.6 Å². The van der Waals surface area contributed by atoms with Crippen LogP contribution in [0.15, 0.2) is 97.1 Å². The van der Waals surface area contributed by atoms with Crippen LogP contribution in [0.2, 0.25) is 10.0 Å². The van der Waals surface area contributed by atoms with Gasteiger partial charge in [0.1, 0.15) is 24.0 Å². The minimum absolute atomic E-state index is 0.0492. The molecule has 10 nitrogen and oxygen atoms in total. The van der Waals surface area contributed by atoms with E-state index in [1.165, 1.54) is 70.5 Å². The quantitative estimate of drug-likeness (QED) is 0.0911. The number of carbonyl (C=O) groups is 4. The fraction of sp³-hybridized carbons (Fsp3) is 0.349. The molecule has 0 saturated carbocycles. The lowest BCUT2D eigenvalue weighted by Gasteiger charge is -2.32. The van der Waals surface area contributed by atoms with Gasteiger partial charge < -0.3 is 28.7 Å². The van der Waals surface area contributed by atoms with E-state index in [0.717, 1.165) is 30.3 Å². The van der Waals surface area contributed by atoms with Crippen molar-refractivity contribution in [3.63, 3.8) is 0 Å². The van der Waals surface area contributed by atoms with Crippen molar-refractivity contribution in [3.05, 3.63) is 129 Å². The summed E-state index contributed by atoms with van der Waals surface area (Å²) < 4.78 is 105. The first-order valence-electron chi connectivity index (χ1n) is 19.1. The molecular weight excluding hydrogens is 857 g/mol. The van der Waals surface area contributed by atoms with Crippen LogP contribution in [-0.4, -0.2) is 78.5 Å². The molecule has 4 aromatic carbocycles. The van der Waals surface area contributed by atoms with Crippen molar-refractivity contribution in [2.75, 3.05) is 32.8 Å². The summed E-state index contributed by atoms with van der Waals surface area (Å²) in [7, 11) is 0. The molecule has 2 saturated heterocycles. The van der Waals surface area contributed by atoms with E-state index in [9.17, 15) is 45.5 Å². The zero-order chi connectivity index (χ0) is 43.9. The van der Waals surface area contributed by atoms with E-state index in [0.29, 0.717) is 31.7 Å². The van der Waals surface area contributed by atoms with Gasteiger partial charge in [-0.2, -0.15) is 26.3 Å². The van der Waals surface area contributed by atoms with Crippen LogP contribution in [0.5, 0.6) is 11.5 Å². The Bertz CT molecular complexity index is 2180. The van der Waals surface area contributed by atoms with Gasteiger partial charge in [0.05, 0.1) is 11.1 Å². The second-order valence-electron chi connectivity index (χ2n) is 14.3. The highest BCUT2D eigenvalue weighted by Gasteiger charge is 2.47. The number of carbonyl (C=O) groups excluding carboxylic acids is 4. The summed E-state index contributed by atoms with van der Waals surface area (Å²) >= 11 is 12.2. The number of esters is 2. The highest BCUT2D eigenvalue weighted by atomic mass is 35.5. The van der Waals surface area contributed by atoms with Crippen molar-refractivity contribution in [2.45, 2.75) is 62.3 Å². The van der Waals surface area contributed by atoms with Crippen molar-refractivity contribution in [1.82, 2.24) is 9.80 Å². The number of hydrogen-bond donors (Lipinski definition) is 0. The zero-order valence-corrected chi connectivity index (χ0v) is 33.6. The lowest BCUT2D eigenvalue weighted by Crippen LogP contribution is -2.55. The monoisotopic (exact) mass is 894 g/mol. The third kappa shape index (κ3) is 11.7. The van der Waals surface area contributed by atoms with E-state index in [2.05, 4.69) is 0 Å². The van der Waals surface area contributed by atoms with Crippen LogP contribution in [0.4, 0.5) is 26.3 Å². The van der Waals surface area contributed by atoms with Gasteiger partial charge in [0, 0.05) is 41.8 Å². The summed E-state index contributed by atoms with van der Waals surface area (Å²) in [5.74, 6) is -6.34. The van der Waals surface area contributed by atoms with Crippen LogP contribution in [-0.2, 0) is 41.0 Å². The van der Waals surface area contributed by atoms with Gasteiger partial charge in [-0.3, -0.25) is 14.4 Å². The second-order valence-corrected chi connectivity index (χ2v) is 15.2. The number of ether oxygens (including phenoxy) is 4. The molecule has 0 bridgehead atoms. The molecule has 0 radical (unpaired) electrons. The minimum Gasteiger partial charge on any atom is -0.492 e. The Morgan fingerprint density at radius 2 is 1.00 bits per heavy atom. The predicted octanol–water partition coefficient (Wildman–Crippen LogP) is 9.08. The molecule has 4 atom stereocenters. The normalized spacial score (nSPS) is 16.3. The van der Waals surface area contributed by atoms with E-state index in [1.54, 1.807) is 0 Å². The van der Waals surface area contributed by atoms with Crippen molar-refractivity contribution < 1.29 is 64.5 Å². The second kappa shape index (κ2) is 19.5. The maximum Gasteiger partial charge on any atom is 0.416 e. The van der Waals surface area contributed by atoms with Gasteiger partial charge in [0.25, 0.3) is 11.8 Å². The first kappa shape index (κ1) is 45.1. The molecule has 2 amide bonds. The summed E-state index contributed by atoms with van der Waals surface area (Å²) in [6.07, 6.45) is -13.3. The number of benzene rings is 4. The highest BCUT2D eigenvalue weighted by molar-refractivity contribution is 6.30. The molecule has 324 valence electrons. The summed E-state index contributed by atoms with van der Waals surface area (Å²) in [4.78, 5) is 60.3. The van der Waals surface area contributed by atoms with E-state index < -0.39 is 83.8 Å². The molecule has 6 rings (SSSR count). The van der Waals surface area contributed by atoms with Crippen LogP contribution >= 0.6 is 23.2 Å². The maximum atomic E-state index is 14.4. The topological polar surface area (TPSA) is 112 Å². The van der Waals surface area contributed by atoms with Crippen LogP contribution in [0.25, 0.3) is 0 Å². The Morgan fingerprint density at radius 3 is 1.48 bits per heavy atom. The molecule has 0 N–H and O–H groups in total. The molecule has 0 aliphatic carbocycles. The van der Waals surface area contributed by atoms with E-state index >= 15 is 0 Å². The Morgan fingerprint density at radius 1 is 0.574 bits per heavy atom. The fourth-order valence-corrected chi connectivity index (χ4v) is 7.07. The van der Waals surface area contributed by atoms with Gasteiger partial charge in [0.15, 0.2) is 0 Å². The van der Waals surface area contributed by atoms with Gasteiger partial charge in [-0.05, 0) is 91.9 Å². The number of nitrogens with zero attached hydrogens (tertiary/aromatic N) is 2. The number of alkyl halides is 6. The molecule has 2 aliphatic rings. The fourth-order valence-electron chi connectivity index (χ4n) is 6.82. The van der Waals surface area contributed by atoms with Gasteiger partial charge in [-0.15, -0.1) is 0 Å². The lowest BCUT2D eigenvalue weighted by atomic mass is 9.99. The molecule has 18 heteroatoms. The smallest absolute Gasteiger partial charge is 0.416 e. The van der Waals surface area contributed by atoms with E-state index in [4.69, 9.17) is 42.1 Å². The highest BCUT2D eigenvalue weighted by Crippen LogP contribution is 2.35. The number of hydrogen-bond acceptors (Lipinski definition) is 8. The number of likely N-dealkylation sites (tertiary alicyclic amines) is 2. The van der Waals surface area contributed by atoms with Crippen molar-refractivity contribution in [3.8, 4) is 11.5 Å². The van der Waals surface area contributed by atoms with Gasteiger partial charge in [-0.25, -0.2) is 4.79 Å². The number of halogens is 8. The summed E-state index contributed by atoms with van der Waals surface area (Å²) in [5, 5.41) is 0.523. The Balaban J connectivity index is 1.37. The molecule has 61 heavy (non-hydrogen) atoms. The van der Waals surface area contributed by atoms with Crippen molar-refractivity contribution in [1.29, 1.82) is 0 Å². The molecule has 2 aliphatic heterocycles. The average molecular weight is 896 g/mol. The zero-order valence-electron chi connectivity index (χ0n) is 32.1. The average Bonchev–Trinajstić information content (AvgIpc) is 3.98. The standard InChI is InChI=1S/C43H38Cl2F6N2O8/c44-30-15-11-26(12-16-30)34(25-58-32-9-5-7-28(23-32)42(46,47)48)40(56)60-36(38(54)52-19-1-2-20-52)37(39(55)53-21-3-4-22-53)61-41(57)35(27-13-17-31(45)18-14-27)59-33-10-6-8-29(24-33)43(49,50)51/h5-18,23-24,34-37H,1-4,19-22,25H2/t34?,35?,36-,37-/m0/s1. The van der Waals surface area contributed by atoms with E-state index in [1.807, 2.05) is 0 Å². The maximum absolute atomic E-state index is 14.4. The summed E-state index contributed by atoms with van der Waals surface area (Å²) in [6.45, 7) is 0.198. The van der Waals surface area contributed by atoms with Crippen LogP contribution in [0, 0.1) is 0 Å². The number of amides is 2. The third-order valence-corrected chi connectivity index (χ3v) is 10.5. The number of rotatable bonds is 14. The molecule has 2 fully saturated rings. The largest absolute Gasteiger partial charge is 0.492 e. The Hall–Kier alpha value is -5.48. The Kier molecular flexibility index (Phi) is 14.4. The molecule has 4 aromatic rings. The first-order valence-corrected chi connectivity index (χ1v) is 19.9. The van der Waals surface area contributed by atoms with Crippen molar-refractivity contribution >= 4 is 47.0 Å². The molecule has 0 spiro atoms. The minimum atomic E-state index is -4.77. The predicted molar refractivity (Wildman–Crippen MR) is 209 cm³/mol. The third-order valence-electron chi connectivity index (χ3n) is 10.0.